The molecule has 2 aromatic rings. The SMILES string of the molecule is Cc1cccc2nc(NC(C)CC(C)C)nn12. The van der Waals surface area contributed by atoms with Gasteiger partial charge in [0.1, 0.15) is 0 Å². The van der Waals surface area contributed by atoms with Crippen molar-refractivity contribution in [2.75, 3.05) is 5.32 Å². The molecular formula is C13H20N4. The first kappa shape index (κ1) is 11.9. The normalized spacial score (nSPS) is 13.2. The van der Waals surface area contributed by atoms with Gasteiger partial charge < -0.3 is 5.32 Å². The number of fused-ring (bicyclic) bond motifs is 1. The molecule has 1 N–H and O–H groups in total. The lowest BCUT2D eigenvalue weighted by atomic mass is 10.1. The molecule has 0 spiro atoms. The fourth-order valence-corrected chi connectivity index (χ4v) is 2.08. The van der Waals surface area contributed by atoms with Crippen LogP contribution >= 0.6 is 0 Å². The maximum atomic E-state index is 4.46. The third-order valence-electron chi connectivity index (χ3n) is 2.75. The maximum Gasteiger partial charge on any atom is 0.243 e. The quantitative estimate of drug-likeness (QED) is 0.881. The van der Waals surface area contributed by atoms with Crippen LogP contribution in [0.15, 0.2) is 18.2 Å². The summed E-state index contributed by atoms with van der Waals surface area (Å²) in [5, 5.41) is 7.80. The number of nitrogens with one attached hydrogen (secondary N) is 1. The summed E-state index contributed by atoms with van der Waals surface area (Å²) in [6.45, 7) is 8.64. The first-order valence-corrected chi connectivity index (χ1v) is 6.15. The second-order valence-electron chi connectivity index (χ2n) is 5.05. The summed E-state index contributed by atoms with van der Waals surface area (Å²) in [6, 6.07) is 6.40. The summed E-state index contributed by atoms with van der Waals surface area (Å²) in [5.41, 5.74) is 1.99. The molecule has 0 saturated carbocycles. The average molecular weight is 232 g/mol. The third-order valence-corrected chi connectivity index (χ3v) is 2.75. The molecule has 0 aliphatic rings. The van der Waals surface area contributed by atoms with Crippen LogP contribution < -0.4 is 5.32 Å². The molecule has 0 amide bonds. The number of aryl methyl sites for hydroxylation is 1. The highest BCUT2D eigenvalue weighted by atomic mass is 15.4. The minimum Gasteiger partial charge on any atom is -0.350 e. The zero-order valence-corrected chi connectivity index (χ0v) is 10.9. The molecule has 0 saturated heterocycles. The molecule has 2 aromatic heterocycles. The Kier molecular flexibility index (Phi) is 3.31. The van der Waals surface area contributed by atoms with Crippen LogP contribution in [0.4, 0.5) is 5.95 Å². The highest BCUT2D eigenvalue weighted by Crippen LogP contribution is 2.12. The smallest absolute Gasteiger partial charge is 0.243 e. The van der Waals surface area contributed by atoms with Crippen molar-refractivity contribution < 1.29 is 0 Å². The van der Waals surface area contributed by atoms with Crippen molar-refractivity contribution >= 4 is 11.6 Å². The van der Waals surface area contributed by atoms with Crippen molar-refractivity contribution in [3.8, 4) is 0 Å². The van der Waals surface area contributed by atoms with Crippen LogP contribution in [0.1, 0.15) is 32.9 Å². The molecule has 2 heterocycles. The lowest BCUT2D eigenvalue weighted by molar-refractivity contribution is 0.537. The van der Waals surface area contributed by atoms with Gasteiger partial charge in [0.15, 0.2) is 5.65 Å². The van der Waals surface area contributed by atoms with Crippen LogP contribution in [-0.4, -0.2) is 20.6 Å². The third kappa shape index (κ3) is 2.75. The van der Waals surface area contributed by atoms with Gasteiger partial charge in [-0.25, -0.2) is 4.52 Å². The second-order valence-corrected chi connectivity index (χ2v) is 5.05. The Hall–Kier alpha value is -1.58. The lowest BCUT2D eigenvalue weighted by Gasteiger charge is -2.13. The Morgan fingerprint density at radius 2 is 2.06 bits per heavy atom. The predicted molar refractivity (Wildman–Crippen MR) is 70.3 cm³/mol. The summed E-state index contributed by atoms with van der Waals surface area (Å²) in [4.78, 5) is 4.46. The van der Waals surface area contributed by atoms with E-state index in [2.05, 4.69) is 36.2 Å². The number of aromatic nitrogens is 3. The van der Waals surface area contributed by atoms with Crippen molar-refractivity contribution in [3.63, 3.8) is 0 Å². The Balaban J connectivity index is 2.17. The van der Waals surface area contributed by atoms with E-state index < -0.39 is 0 Å². The molecular weight excluding hydrogens is 212 g/mol. The van der Waals surface area contributed by atoms with Gasteiger partial charge in [-0.2, -0.15) is 4.98 Å². The monoisotopic (exact) mass is 232 g/mol. The van der Waals surface area contributed by atoms with E-state index in [0.717, 1.165) is 17.8 Å². The minimum atomic E-state index is 0.396. The van der Waals surface area contributed by atoms with Gasteiger partial charge in [0.2, 0.25) is 5.95 Å². The van der Waals surface area contributed by atoms with Crippen LogP contribution in [-0.2, 0) is 0 Å². The molecule has 0 bridgehead atoms. The van der Waals surface area contributed by atoms with Gasteiger partial charge >= 0.3 is 0 Å². The number of hydrogen-bond donors (Lipinski definition) is 1. The molecule has 0 aliphatic heterocycles. The molecule has 4 heteroatoms. The highest BCUT2D eigenvalue weighted by Gasteiger charge is 2.09. The van der Waals surface area contributed by atoms with Crippen LogP contribution in [0.2, 0.25) is 0 Å². The Morgan fingerprint density at radius 3 is 2.71 bits per heavy atom. The molecule has 2 rings (SSSR count). The largest absolute Gasteiger partial charge is 0.350 e. The zero-order chi connectivity index (χ0) is 12.4. The topological polar surface area (TPSA) is 42.2 Å². The fraction of sp³-hybridized carbons (Fsp3) is 0.538. The molecule has 92 valence electrons. The summed E-state index contributed by atoms with van der Waals surface area (Å²) >= 11 is 0. The first-order chi connectivity index (χ1) is 8.06. The number of hydrogen-bond acceptors (Lipinski definition) is 3. The maximum absolute atomic E-state index is 4.46. The molecule has 0 fully saturated rings. The highest BCUT2D eigenvalue weighted by molar-refractivity contribution is 5.44. The van der Waals surface area contributed by atoms with Gasteiger partial charge in [0.25, 0.3) is 0 Å². The first-order valence-electron chi connectivity index (χ1n) is 6.15. The van der Waals surface area contributed by atoms with E-state index in [-0.39, 0.29) is 0 Å². The molecule has 4 nitrogen and oxygen atoms in total. The van der Waals surface area contributed by atoms with Crippen molar-refractivity contribution in [2.45, 2.75) is 40.2 Å². The van der Waals surface area contributed by atoms with Gasteiger partial charge in [0.05, 0.1) is 0 Å². The van der Waals surface area contributed by atoms with Crippen molar-refractivity contribution in [3.05, 3.63) is 23.9 Å². The Morgan fingerprint density at radius 1 is 1.29 bits per heavy atom. The van der Waals surface area contributed by atoms with Gasteiger partial charge in [-0.15, -0.1) is 5.10 Å². The summed E-state index contributed by atoms with van der Waals surface area (Å²) in [7, 11) is 0. The summed E-state index contributed by atoms with van der Waals surface area (Å²) in [6.07, 6.45) is 1.12. The number of nitrogens with zero attached hydrogens (tertiary/aromatic N) is 3. The van der Waals surface area contributed by atoms with Crippen LogP contribution in [0.3, 0.4) is 0 Å². The molecule has 17 heavy (non-hydrogen) atoms. The van der Waals surface area contributed by atoms with E-state index >= 15 is 0 Å². The predicted octanol–water partition coefficient (Wildman–Crippen LogP) is 2.88. The Labute approximate surface area is 102 Å². The Bertz CT molecular complexity index is 501. The second kappa shape index (κ2) is 4.73. The summed E-state index contributed by atoms with van der Waals surface area (Å²) < 4.78 is 1.87. The van der Waals surface area contributed by atoms with Gasteiger partial charge in [-0.05, 0) is 38.3 Å². The minimum absolute atomic E-state index is 0.396. The van der Waals surface area contributed by atoms with Crippen LogP contribution in [0.5, 0.6) is 0 Å². The van der Waals surface area contributed by atoms with Crippen molar-refractivity contribution in [1.29, 1.82) is 0 Å². The average Bonchev–Trinajstić information content (AvgIpc) is 2.60. The standard InChI is InChI=1S/C13H20N4/c1-9(2)8-10(3)14-13-15-12-7-5-6-11(4)17(12)16-13/h5-7,9-10H,8H2,1-4H3,(H,14,16). The van der Waals surface area contributed by atoms with E-state index in [0.29, 0.717) is 17.9 Å². The molecule has 0 aliphatic carbocycles. The zero-order valence-electron chi connectivity index (χ0n) is 10.9. The van der Waals surface area contributed by atoms with E-state index in [1.807, 2.05) is 29.6 Å². The fourth-order valence-electron chi connectivity index (χ4n) is 2.08. The van der Waals surface area contributed by atoms with Gasteiger partial charge in [-0.1, -0.05) is 19.9 Å². The van der Waals surface area contributed by atoms with E-state index in [9.17, 15) is 0 Å². The number of anilines is 1. The van der Waals surface area contributed by atoms with E-state index in [1.54, 1.807) is 0 Å². The number of pyridine rings is 1. The summed E-state index contributed by atoms with van der Waals surface area (Å²) in [5.74, 6) is 1.39. The van der Waals surface area contributed by atoms with Gasteiger partial charge in [0, 0.05) is 11.7 Å². The van der Waals surface area contributed by atoms with E-state index in [4.69, 9.17) is 0 Å². The van der Waals surface area contributed by atoms with Crippen LogP contribution in [0, 0.1) is 12.8 Å². The van der Waals surface area contributed by atoms with Crippen molar-refractivity contribution in [2.24, 2.45) is 5.92 Å². The molecule has 1 atom stereocenters. The molecule has 0 radical (unpaired) electrons. The molecule has 0 aromatic carbocycles. The molecule has 1 unspecified atom stereocenters. The van der Waals surface area contributed by atoms with Gasteiger partial charge in [-0.3, -0.25) is 0 Å². The number of rotatable bonds is 4. The van der Waals surface area contributed by atoms with Crippen LogP contribution in [0.25, 0.3) is 5.65 Å². The van der Waals surface area contributed by atoms with Crippen molar-refractivity contribution in [1.82, 2.24) is 14.6 Å². The lowest BCUT2D eigenvalue weighted by Crippen LogP contribution is -2.18. The van der Waals surface area contributed by atoms with E-state index in [1.165, 1.54) is 0 Å².